The summed E-state index contributed by atoms with van der Waals surface area (Å²) in [5.74, 6) is 0.708. The van der Waals surface area contributed by atoms with Gasteiger partial charge in [-0.1, -0.05) is 18.2 Å². The average Bonchev–Trinajstić information content (AvgIpc) is 3.11. The number of para-hydroxylation sites is 1. The van der Waals surface area contributed by atoms with E-state index < -0.39 is 13.6 Å². The maximum absolute atomic E-state index is 13.4. The number of hydrogen-bond acceptors (Lipinski definition) is 8. The molecule has 2 heterocycles. The first-order chi connectivity index (χ1) is 14.3. The largest absolute Gasteiger partial charge is 0.501 e. The summed E-state index contributed by atoms with van der Waals surface area (Å²) in [5.41, 5.74) is 6.90. The number of benzene rings is 1. The van der Waals surface area contributed by atoms with E-state index >= 15 is 0 Å². The number of ether oxygens (including phenoxy) is 1. The van der Waals surface area contributed by atoms with Crippen molar-refractivity contribution in [1.82, 2.24) is 24.6 Å². The number of nitrogens with two attached hydrogens (primary N) is 1. The highest BCUT2D eigenvalue weighted by molar-refractivity contribution is 7.80. The van der Waals surface area contributed by atoms with Crippen LogP contribution in [0.15, 0.2) is 43.0 Å². The maximum Gasteiger partial charge on any atom is 0.342 e. The zero-order valence-corrected chi connectivity index (χ0v) is 18.7. The fourth-order valence-corrected chi connectivity index (χ4v) is 4.63. The average molecular weight is 468 g/mol. The molecule has 31 heavy (non-hydrogen) atoms. The zero-order chi connectivity index (χ0) is 21.7. The van der Waals surface area contributed by atoms with Gasteiger partial charge in [0.1, 0.15) is 23.9 Å². The van der Waals surface area contributed by atoms with Gasteiger partial charge in [0.25, 0.3) is 0 Å². The van der Waals surface area contributed by atoms with Gasteiger partial charge in [-0.3, -0.25) is 4.57 Å². The first-order valence-electron chi connectivity index (χ1n) is 9.14. The zero-order valence-electron chi connectivity index (χ0n) is 17.0. The van der Waals surface area contributed by atoms with Gasteiger partial charge in [-0.25, -0.2) is 20.0 Å². The third kappa shape index (κ3) is 6.42. The van der Waals surface area contributed by atoms with E-state index in [2.05, 4.69) is 20.0 Å². The quantitative estimate of drug-likeness (QED) is 0.296. The number of aliphatic hydroxyl groups excluding tert-OH is 1. The number of aliphatic hydroxyl groups is 1. The molecule has 0 bridgehead atoms. The third-order valence-electron chi connectivity index (χ3n) is 4.17. The van der Waals surface area contributed by atoms with E-state index in [1.807, 2.05) is 13.0 Å². The van der Waals surface area contributed by atoms with Crippen molar-refractivity contribution in [3.63, 3.8) is 0 Å². The molecule has 0 radical (unpaired) electrons. The first kappa shape index (κ1) is 24.6. The van der Waals surface area contributed by atoms with Crippen LogP contribution in [-0.2, 0) is 15.8 Å². The summed E-state index contributed by atoms with van der Waals surface area (Å²) < 4.78 is 26.7. The molecule has 0 aliphatic carbocycles. The molecule has 6 N–H and O–H groups in total. The highest BCUT2D eigenvalue weighted by Crippen LogP contribution is 2.44. The molecule has 11 nitrogen and oxygen atoms in total. The fourth-order valence-electron chi connectivity index (χ4n) is 2.68. The monoisotopic (exact) mass is 468 g/mol. The van der Waals surface area contributed by atoms with Gasteiger partial charge >= 0.3 is 7.52 Å². The van der Waals surface area contributed by atoms with Gasteiger partial charge in [-0.15, -0.1) is 0 Å². The molecule has 0 aliphatic rings. The van der Waals surface area contributed by atoms with Crippen molar-refractivity contribution in [2.24, 2.45) is 0 Å². The van der Waals surface area contributed by atoms with Gasteiger partial charge in [0.15, 0.2) is 16.5 Å². The lowest BCUT2D eigenvalue weighted by Gasteiger charge is -2.25. The second-order valence-corrected chi connectivity index (χ2v) is 9.17. The molecule has 2 aromatic heterocycles. The minimum absolute atomic E-state index is 0. The van der Waals surface area contributed by atoms with Crippen molar-refractivity contribution in [3.8, 4) is 5.75 Å². The van der Waals surface area contributed by atoms with Crippen molar-refractivity contribution in [3.05, 3.63) is 43.0 Å². The smallest absolute Gasteiger partial charge is 0.342 e. The third-order valence-corrected chi connectivity index (χ3v) is 6.30. The number of fused-ring (bicyclic) bond motifs is 1. The minimum atomic E-state index is -3.54. The van der Waals surface area contributed by atoms with Crippen molar-refractivity contribution >= 4 is 41.8 Å². The van der Waals surface area contributed by atoms with Crippen LogP contribution < -0.4 is 15.3 Å². The minimum Gasteiger partial charge on any atom is -0.501 e. The Morgan fingerprint density at radius 1 is 1.29 bits per heavy atom. The summed E-state index contributed by atoms with van der Waals surface area (Å²) in [7, 11) is -3.54. The van der Waals surface area contributed by atoms with E-state index in [1.54, 1.807) is 42.1 Å². The topological polar surface area (TPSA) is 169 Å². The number of nitrogens with zero attached hydrogens (tertiary/aromatic N) is 4. The van der Waals surface area contributed by atoms with Crippen molar-refractivity contribution < 1.29 is 24.4 Å². The van der Waals surface area contributed by atoms with Crippen molar-refractivity contribution in [1.29, 1.82) is 0 Å². The van der Waals surface area contributed by atoms with Gasteiger partial charge in [-0.05, 0) is 38.2 Å². The molecule has 0 aliphatic heterocycles. The Hall–Kier alpha value is -2.63. The summed E-state index contributed by atoms with van der Waals surface area (Å²) in [6.45, 7) is 3.81. The number of aromatic nitrogens is 4. The van der Waals surface area contributed by atoms with Crippen LogP contribution in [0.3, 0.4) is 0 Å². The molecule has 13 heteroatoms. The standard InChI is InChI=1S/C18H23N6O4PS.H2O/c1-12(8-24-10-22-15-16(19)20-9-21-17(15)24)27-11-29(26,23-13(2)18(25)30)28-14-6-4-3-5-7-14;/h3-7,9-10,12-13H,8,11H2,1-2H3,(H,23,26)(H,25,30)(H2,19,20,21);1H2/t12-,13+,29?;/m1./s1. The molecule has 1 aromatic carbocycles. The number of anilines is 1. The van der Waals surface area contributed by atoms with Crippen LogP contribution in [0, 0.1) is 0 Å². The van der Waals surface area contributed by atoms with Gasteiger partial charge < -0.3 is 30.1 Å². The fraction of sp³-hybridized carbons (Fsp3) is 0.333. The second kappa shape index (κ2) is 10.6. The molecular formula is C18H25N6O5PS. The number of hydrogen-bond donors (Lipinski definition) is 3. The lowest BCUT2D eigenvalue weighted by molar-refractivity contribution is 0.0821. The Kier molecular flexibility index (Phi) is 8.43. The SMILES string of the molecule is C[C@H](Cn1cnc2c(N)ncnc21)OCP(=O)(N[C@@H](C)C(O)=S)Oc1ccccc1.O. The van der Waals surface area contributed by atoms with Crippen molar-refractivity contribution in [2.45, 2.75) is 32.5 Å². The number of nitrogen functional groups attached to an aromatic ring is 1. The van der Waals surface area contributed by atoms with E-state index in [-0.39, 0.29) is 23.0 Å². The summed E-state index contributed by atoms with van der Waals surface area (Å²) >= 11 is 4.76. The normalized spacial score (nSPS) is 14.9. The maximum atomic E-state index is 13.4. The van der Waals surface area contributed by atoms with Crippen LogP contribution in [0.25, 0.3) is 11.2 Å². The highest BCUT2D eigenvalue weighted by Gasteiger charge is 2.30. The Morgan fingerprint density at radius 2 is 2.00 bits per heavy atom. The summed E-state index contributed by atoms with van der Waals surface area (Å²) in [6, 6.07) is 8.00. The molecular weight excluding hydrogens is 443 g/mol. The molecule has 3 rings (SSSR count). The number of imidazole rings is 1. The van der Waals surface area contributed by atoms with E-state index in [1.165, 1.54) is 6.33 Å². The molecule has 168 valence electrons. The Balaban J connectivity index is 0.00000341. The van der Waals surface area contributed by atoms with Crippen LogP contribution in [0.1, 0.15) is 13.8 Å². The van der Waals surface area contributed by atoms with Crippen LogP contribution in [-0.4, -0.2) is 53.6 Å². The molecule has 3 atom stereocenters. The van der Waals surface area contributed by atoms with E-state index in [0.29, 0.717) is 29.3 Å². The van der Waals surface area contributed by atoms with E-state index in [4.69, 9.17) is 27.2 Å². The summed E-state index contributed by atoms with van der Waals surface area (Å²) in [4.78, 5) is 12.3. The van der Waals surface area contributed by atoms with E-state index in [0.717, 1.165) is 0 Å². The highest BCUT2D eigenvalue weighted by atomic mass is 32.1. The molecule has 0 saturated carbocycles. The first-order valence-corrected chi connectivity index (χ1v) is 11.4. The Bertz CT molecular complexity index is 1070. The molecule has 0 saturated heterocycles. The Morgan fingerprint density at radius 3 is 2.68 bits per heavy atom. The number of rotatable bonds is 10. The predicted molar refractivity (Wildman–Crippen MR) is 121 cm³/mol. The van der Waals surface area contributed by atoms with Crippen molar-refractivity contribution in [2.75, 3.05) is 12.1 Å². The van der Waals surface area contributed by atoms with E-state index in [9.17, 15) is 9.67 Å². The number of thiocarbonyl (C=S) groups is 1. The lowest BCUT2D eigenvalue weighted by atomic mass is 10.3. The summed E-state index contributed by atoms with van der Waals surface area (Å²) in [6.07, 6.45) is 2.37. The van der Waals surface area contributed by atoms with Gasteiger partial charge in [0.05, 0.1) is 25.0 Å². The Labute approximate surface area is 184 Å². The van der Waals surface area contributed by atoms with Crippen LogP contribution in [0.4, 0.5) is 5.82 Å². The van der Waals surface area contributed by atoms with Gasteiger partial charge in [0, 0.05) is 0 Å². The van der Waals surface area contributed by atoms with Crippen LogP contribution in [0.2, 0.25) is 0 Å². The van der Waals surface area contributed by atoms with Gasteiger partial charge in [-0.2, -0.15) is 0 Å². The van der Waals surface area contributed by atoms with Crippen LogP contribution in [0.5, 0.6) is 5.75 Å². The molecule has 0 amide bonds. The predicted octanol–water partition coefficient (Wildman–Crippen LogP) is 2.08. The number of nitrogens with one attached hydrogen (secondary N) is 1. The molecule has 3 aromatic rings. The summed E-state index contributed by atoms with van der Waals surface area (Å²) in [5, 5.41) is 12.0. The van der Waals surface area contributed by atoms with Crippen LogP contribution >= 0.6 is 19.7 Å². The van der Waals surface area contributed by atoms with Gasteiger partial charge in [0.2, 0.25) is 0 Å². The second-order valence-electron chi connectivity index (χ2n) is 6.70. The lowest BCUT2D eigenvalue weighted by Crippen LogP contribution is -2.33. The molecule has 0 spiro atoms. The molecule has 1 unspecified atom stereocenters. The molecule has 0 fully saturated rings.